The Morgan fingerprint density at radius 2 is 2.21 bits per heavy atom. The minimum atomic E-state index is -0.960. The Morgan fingerprint density at radius 1 is 1.47 bits per heavy atom. The Labute approximate surface area is 110 Å². The molecular weight excluding hydrogens is 244 g/mol. The van der Waals surface area contributed by atoms with E-state index >= 15 is 0 Å². The minimum Gasteiger partial charge on any atom is -0.481 e. The molecule has 0 spiro atoms. The number of rotatable bonds is 5. The van der Waals surface area contributed by atoms with E-state index in [1.165, 1.54) is 0 Å². The van der Waals surface area contributed by atoms with E-state index in [1.54, 1.807) is 0 Å². The molecule has 0 saturated heterocycles. The first-order valence-corrected chi connectivity index (χ1v) is 5.89. The number of carboxylic acid groups (broad SMARTS) is 1. The number of hydrogen-bond acceptors (Lipinski definition) is 3. The van der Waals surface area contributed by atoms with Crippen molar-refractivity contribution in [3.8, 4) is 0 Å². The SMILES string of the molecule is Cc1cc([C@@H](CC(=O)O)NC=O)c2ccccc2n1. The number of carboxylic acids is 1. The van der Waals surface area contributed by atoms with Crippen LogP contribution in [-0.2, 0) is 9.59 Å². The molecule has 1 heterocycles. The fraction of sp³-hybridized carbons (Fsp3) is 0.214. The first-order chi connectivity index (χ1) is 9.11. The number of aliphatic carboxylic acids is 1. The van der Waals surface area contributed by atoms with Gasteiger partial charge in [-0.25, -0.2) is 0 Å². The van der Waals surface area contributed by atoms with E-state index in [4.69, 9.17) is 5.11 Å². The van der Waals surface area contributed by atoms with Gasteiger partial charge in [0.25, 0.3) is 0 Å². The molecule has 2 aromatic rings. The number of aromatic nitrogens is 1. The van der Waals surface area contributed by atoms with E-state index in [2.05, 4.69) is 10.3 Å². The Hall–Kier alpha value is -2.43. The van der Waals surface area contributed by atoms with E-state index in [9.17, 15) is 9.59 Å². The molecule has 2 rings (SSSR count). The molecule has 2 N–H and O–H groups in total. The lowest BCUT2D eigenvalue weighted by atomic mass is 9.98. The summed E-state index contributed by atoms with van der Waals surface area (Å²) in [5.41, 5.74) is 2.36. The zero-order valence-electron chi connectivity index (χ0n) is 10.5. The van der Waals surface area contributed by atoms with Crippen LogP contribution >= 0.6 is 0 Å². The minimum absolute atomic E-state index is 0.161. The number of benzene rings is 1. The van der Waals surface area contributed by atoms with Gasteiger partial charge in [0.05, 0.1) is 18.0 Å². The van der Waals surface area contributed by atoms with Crippen LogP contribution in [0.25, 0.3) is 10.9 Å². The van der Waals surface area contributed by atoms with Crippen LogP contribution < -0.4 is 5.32 Å². The largest absolute Gasteiger partial charge is 0.481 e. The Morgan fingerprint density at radius 3 is 2.89 bits per heavy atom. The summed E-state index contributed by atoms with van der Waals surface area (Å²) < 4.78 is 0. The van der Waals surface area contributed by atoms with Crippen molar-refractivity contribution in [2.45, 2.75) is 19.4 Å². The van der Waals surface area contributed by atoms with Crippen molar-refractivity contribution in [1.82, 2.24) is 10.3 Å². The van der Waals surface area contributed by atoms with Crippen molar-refractivity contribution in [2.75, 3.05) is 0 Å². The molecule has 0 saturated carbocycles. The van der Waals surface area contributed by atoms with E-state index in [-0.39, 0.29) is 6.42 Å². The molecule has 0 bridgehead atoms. The van der Waals surface area contributed by atoms with Gasteiger partial charge in [-0.05, 0) is 24.6 Å². The number of carbonyl (C=O) groups is 2. The van der Waals surface area contributed by atoms with Crippen molar-refractivity contribution in [3.63, 3.8) is 0 Å². The van der Waals surface area contributed by atoms with Crippen LogP contribution in [0.5, 0.6) is 0 Å². The fourth-order valence-corrected chi connectivity index (χ4v) is 2.14. The molecule has 5 heteroatoms. The lowest BCUT2D eigenvalue weighted by Crippen LogP contribution is -2.23. The highest BCUT2D eigenvalue weighted by atomic mass is 16.4. The maximum absolute atomic E-state index is 10.9. The number of carbonyl (C=O) groups excluding carboxylic acids is 1. The lowest BCUT2D eigenvalue weighted by molar-refractivity contribution is -0.137. The molecule has 0 aliphatic carbocycles. The number of aryl methyl sites for hydroxylation is 1. The van der Waals surface area contributed by atoms with E-state index < -0.39 is 12.0 Å². The average molecular weight is 258 g/mol. The predicted octanol–water partition coefficient (Wildman–Crippen LogP) is 1.81. The third kappa shape index (κ3) is 2.88. The maximum Gasteiger partial charge on any atom is 0.305 e. The molecule has 19 heavy (non-hydrogen) atoms. The van der Waals surface area contributed by atoms with Crippen molar-refractivity contribution in [3.05, 3.63) is 41.6 Å². The van der Waals surface area contributed by atoms with Crippen LogP contribution in [0.3, 0.4) is 0 Å². The number of nitrogens with one attached hydrogen (secondary N) is 1. The molecule has 0 aliphatic rings. The summed E-state index contributed by atoms with van der Waals surface area (Å²) >= 11 is 0. The number of pyridine rings is 1. The van der Waals surface area contributed by atoms with Crippen molar-refractivity contribution in [1.29, 1.82) is 0 Å². The Balaban J connectivity index is 2.57. The van der Waals surface area contributed by atoms with Crippen molar-refractivity contribution >= 4 is 23.3 Å². The van der Waals surface area contributed by atoms with Gasteiger partial charge in [0.15, 0.2) is 0 Å². The first kappa shape index (κ1) is 13.0. The molecule has 5 nitrogen and oxygen atoms in total. The summed E-state index contributed by atoms with van der Waals surface area (Å²) in [5.74, 6) is -0.960. The van der Waals surface area contributed by atoms with Crippen LogP contribution in [0.1, 0.15) is 23.7 Å². The van der Waals surface area contributed by atoms with Gasteiger partial charge >= 0.3 is 5.97 Å². The topological polar surface area (TPSA) is 79.3 Å². The molecule has 0 unspecified atom stereocenters. The quantitative estimate of drug-likeness (QED) is 0.801. The standard InChI is InChI=1S/C14H14N2O3/c1-9-6-11(13(15-8-17)7-14(18)19)10-4-2-3-5-12(10)16-9/h2-6,8,13H,7H2,1H3,(H,15,17)(H,18,19)/t13-/m1/s1. The molecule has 98 valence electrons. The summed E-state index contributed by atoms with van der Waals surface area (Å²) in [6.45, 7) is 1.84. The van der Waals surface area contributed by atoms with Crippen LogP contribution in [0.15, 0.2) is 30.3 Å². The highest BCUT2D eigenvalue weighted by Crippen LogP contribution is 2.26. The summed E-state index contributed by atoms with van der Waals surface area (Å²) in [7, 11) is 0. The zero-order chi connectivity index (χ0) is 13.8. The third-order valence-corrected chi connectivity index (χ3v) is 2.90. The summed E-state index contributed by atoms with van der Waals surface area (Å²) in [5, 5.41) is 12.4. The van der Waals surface area contributed by atoms with E-state index in [1.807, 2.05) is 37.3 Å². The van der Waals surface area contributed by atoms with Crippen molar-refractivity contribution < 1.29 is 14.7 Å². The zero-order valence-corrected chi connectivity index (χ0v) is 10.5. The highest BCUT2D eigenvalue weighted by Gasteiger charge is 2.18. The second-order valence-electron chi connectivity index (χ2n) is 4.30. The smallest absolute Gasteiger partial charge is 0.305 e. The van der Waals surface area contributed by atoms with E-state index in [0.717, 1.165) is 22.2 Å². The van der Waals surface area contributed by atoms with Crippen LogP contribution in [0, 0.1) is 6.92 Å². The van der Waals surface area contributed by atoms with Crippen LogP contribution in [-0.4, -0.2) is 22.5 Å². The fourth-order valence-electron chi connectivity index (χ4n) is 2.14. The predicted molar refractivity (Wildman–Crippen MR) is 70.7 cm³/mol. The first-order valence-electron chi connectivity index (χ1n) is 5.89. The maximum atomic E-state index is 10.9. The second kappa shape index (κ2) is 5.48. The number of hydrogen-bond donors (Lipinski definition) is 2. The average Bonchev–Trinajstić information content (AvgIpc) is 2.36. The number of fused-ring (bicyclic) bond motifs is 1. The third-order valence-electron chi connectivity index (χ3n) is 2.90. The van der Waals surface area contributed by atoms with Crippen molar-refractivity contribution in [2.24, 2.45) is 0 Å². The molecule has 1 aromatic heterocycles. The summed E-state index contributed by atoms with van der Waals surface area (Å²) in [4.78, 5) is 26.0. The van der Waals surface area contributed by atoms with Gasteiger partial charge in [0.2, 0.25) is 6.41 Å². The normalized spacial score (nSPS) is 12.1. The molecule has 0 fully saturated rings. The van der Waals surface area contributed by atoms with Crippen LogP contribution in [0.4, 0.5) is 0 Å². The molecule has 0 aliphatic heterocycles. The van der Waals surface area contributed by atoms with E-state index in [0.29, 0.717) is 6.41 Å². The molecule has 1 atom stereocenters. The lowest BCUT2D eigenvalue weighted by Gasteiger charge is -2.17. The van der Waals surface area contributed by atoms with Gasteiger partial charge in [-0.1, -0.05) is 18.2 Å². The van der Waals surface area contributed by atoms with Gasteiger partial charge in [-0.15, -0.1) is 0 Å². The van der Waals surface area contributed by atoms with Gasteiger partial charge in [0, 0.05) is 11.1 Å². The Kier molecular flexibility index (Phi) is 3.75. The highest BCUT2D eigenvalue weighted by molar-refractivity contribution is 5.84. The summed E-state index contributed by atoms with van der Waals surface area (Å²) in [6.07, 6.45) is 0.365. The van der Waals surface area contributed by atoms with Gasteiger partial charge in [0.1, 0.15) is 0 Å². The van der Waals surface area contributed by atoms with Gasteiger partial charge < -0.3 is 10.4 Å². The number of nitrogens with zero attached hydrogens (tertiary/aromatic N) is 1. The van der Waals surface area contributed by atoms with Gasteiger partial charge in [-0.2, -0.15) is 0 Å². The number of amides is 1. The summed E-state index contributed by atoms with van der Waals surface area (Å²) in [6, 6.07) is 8.73. The Bertz CT molecular complexity index is 625. The number of para-hydroxylation sites is 1. The molecule has 1 aromatic carbocycles. The second-order valence-corrected chi connectivity index (χ2v) is 4.30. The molecular formula is C14H14N2O3. The molecule has 0 radical (unpaired) electrons. The van der Waals surface area contributed by atoms with Crippen LogP contribution in [0.2, 0.25) is 0 Å². The van der Waals surface area contributed by atoms with Gasteiger partial charge in [-0.3, -0.25) is 14.6 Å². The monoisotopic (exact) mass is 258 g/mol. The molecule has 1 amide bonds.